The number of pyridine rings is 1. The van der Waals surface area contributed by atoms with Gasteiger partial charge in [0.15, 0.2) is 0 Å². The average Bonchev–Trinajstić information content (AvgIpc) is 2.59. The van der Waals surface area contributed by atoms with Crippen molar-refractivity contribution in [2.45, 2.75) is 12.5 Å². The molecule has 0 aliphatic carbocycles. The molecule has 3 heterocycles. The SMILES string of the molecule is O=C(Cc1cc(=O)[nH][nH]c1=O)N1CCO[C@H](c2cccnc2)C1. The van der Waals surface area contributed by atoms with Crippen molar-refractivity contribution in [2.24, 2.45) is 0 Å². The molecular formula is C15H16N4O4. The van der Waals surface area contributed by atoms with Crippen molar-refractivity contribution < 1.29 is 9.53 Å². The lowest BCUT2D eigenvalue weighted by atomic mass is 10.1. The summed E-state index contributed by atoms with van der Waals surface area (Å²) in [4.78, 5) is 41.0. The van der Waals surface area contributed by atoms with Crippen LogP contribution in [0.15, 0.2) is 40.2 Å². The van der Waals surface area contributed by atoms with E-state index in [1.54, 1.807) is 17.3 Å². The van der Waals surface area contributed by atoms with Gasteiger partial charge in [-0.1, -0.05) is 6.07 Å². The van der Waals surface area contributed by atoms with E-state index in [-0.39, 0.29) is 24.0 Å². The molecule has 1 saturated heterocycles. The summed E-state index contributed by atoms with van der Waals surface area (Å²) in [5.74, 6) is -0.210. The van der Waals surface area contributed by atoms with Crippen LogP contribution in [-0.2, 0) is 16.0 Å². The lowest BCUT2D eigenvalue weighted by molar-refractivity contribution is -0.138. The van der Waals surface area contributed by atoms with Crippen LogP contribution in [0.2, 0.25) is 0 Å². The van der Waals surface area contributed by atoms with Gasteiger partial charge < -0.3 is 9.64 Å². The van der Waals surface area contributed by atoms with Crippen LogP contribution in [0.1, 0.15) is 17.2 Å². The van der Waals surface area contributed by atoms with Gasteiger partial charge in [0.05, 0.1) is 19.6 Å². The second-order valence-corrected chi connectivity index (χ2v) is 5.28. The van der Waals surface area contributed by atoms with Crippen LogP contribution in [-0.4, -0.2) is 45.7 Å². The molecule has 1 atom stereocenters. The fourth-order valence-corrected chi connectivity index (χ4v) is 2.51. The Balaban J connectivity index is 1.71. The lowest BCUT2D eigenvalue weighted by Crippen LogP contribution is -2.43. The maximum atomic E-state index is 12.4. The molecule has 3 rings (SSSR count). The number of carbonyl (C=O) groups is 1. The summed E-state index contributed by atoms with van der Waals surface area (Å²) in [6, 6.07) is 4.86. The highest BCUT2D eigenvalue weighted by Crippen LogP contribution is 2.21. The van der Waals surface area contributed by atoms with E-state index < -0.39 is 11.1 Å². The second kappa shape index (κ2) is 6.57. The van der Waals surface area contributed by atoms with Gasteiger partial charge in [0.2, 0.25) is 5.91 Å². The zero-order valence-electron chi connectivity index (χ0n) is 12.3. The van der Waals surface area contributed by atoms with E-state index in [1.807, 2.05) is 12.1 Å². The van der Waals surface area contributed by atoms with Crippen LogP contribution >= 0.6 is 0 Å². The molecule has 2 N–H and O–H groups in total. The predicted molar refractivity (Wildman–Crippen MR) is 80.9 cm³/mol. The Morgan fingerprint density at radius 2 is 2.26 bits per heavy atom. The minimum absolute atomic E-state index is 0.112. The van der Waals surface area contributed by atoms with Gasteiger partial charge in [-0.2, -0.15) is 0 Å². The number of H-pyrrole nitrogens is 2. The molecule has 1 aliphatic rings. The van der Waals surface area contributed by atoms with Crippen molar-refractivity contribution >= 4 is 5.91 Å². The number of aromatic nitrogens is 3. The van der Waals surface area contributed by atoms with Gasteiger partial charge in [0.25, 0.3) is 11.1 Å². The zero-order valence-corrected chi connectivity index (χ0v) is 12.3. The van der Waals surface area contributed by atoms with Crippen LogP contribution in [0, 0.1) is 0 Å². The van der Waals surface area contributed by atoms with Crippen LogP contribution < -0.4 is 11.1 Å². The molecule has 0 saturated carbocycles. The molecule has 0 radical (unpaired) electrons. The maximum absolute atomic E-state index is 12.4. The number of hydrogen-bond acceptors (Lipinski definition) is 5. The molecule has 8 nitrogen and oxygen atoms in total. The first kappa shape index (κ1) is 15.2. The van der Waals surface area contributed by atoms with Crippen molar-refractivity contribution in [2.75, 3.05) is 19.7 Å². The van der Waals surface area contributed by atoms with E-state index >= 15 is 0 Å². The first-order valence-corrected chi connectivity index (χ1v) is 7.23. The number of nitrogens with zero attached hydrogens (tertiary/aromatic N) is 2. The number of morpholine rings is 1. The molecule has 2 aromatic heterocycles. The molecule has 8 heteroatoms. The normalized spacial score (nSPS) is 17.9. The quantitative estimate of drug-likeness (QED) is 0.801. The highest BCUT2D eigenvalue weighted by Gasteiger charge is 2.26. The molecule has 1 amide bonds. The summed E-state index contributed by atoms with van der Waals surface area (Å²) in [5.41, 5.74) is 0.153. The van der Waals surface area contributed by atoms with Crippen molar-refractivity contribution in [1.82, 2.24) is 20.1 Å². The first-order valence-electron chi connectivity index (χ1n) is 7.23. The number of hydrogen-bond donors (Lipinski definition) is 2. The molecule has 2 aromatic rings. The Hall–Kier alpha value is -2.74. The Bertz CT molecular complexity index is 799. The van der Waals surface area contributed by atoms with Gasteiger partial charge in [-0.25, -0.2) is 0 Å². The summed E-state index contributed by atoms with van der Waals surface area (Å²) in [7, 11) is 0. The molecule has 23 heavy (non-hydrogen) atoms. The largest absolute Gasteiger partial charge is 0.370 e. The standard InChI is InChI=1S/C15H16N4O4/c20-13-6-11(15(22)18-17-13)7-14(21)19-4-5-23-12(9-19)10-2-1-3-16-8-10/h1-3,6,8,12H,4-5,7,9H2,(H,17,20)(H,18,22)/t12-/m0/s1. The minimum atomic E-state index is -0.463. The van der Waals surface area contributed by atoms with E-state index in [0.29, 0.717) is 19.7 Å². The Morgan fingerprint density at radius 3 is 3.04 bits per heavy atom. The van der Waals surface area contributed by atoms with Gasteiger partial charge in [-0.15, -0.1) is 0 Å². The van der Waals surface area contributed by atoms with Crippen LogP contribution in [0.25, 0.3) is 0 Å². The molecule has 1 aliphatic heterocycles. The van der Waals surface area contributed by atoms with E-state index in [0.717, 1.165) is 11.6 Å². The van der Waals surface area contributed by atoms with Gasteiger partial charge in [0, 0.05) is 36.1 Å². The summed E-state index contributed by atoms with van der Waals surface area (Å²) in [6.07, 6.45) is 3.03. The molecule has 0 aromatic carbocycles. The molecular weight excluding hydrogens is 300 g/mol. The fourth-order valence-electron chi connectivity index (χ4n) is 2.51. The smallest absolute Gasteiger partial charge is 0.266 e. The summed E-state index contributed by atoms with van der Waals surface area (Å²) >= 11 is 0. The minimum Gasteiger partial charge on any atom is -0.370 e. The molecule has 1 fully saturated rings. The molecule has 0 bridgehead atoms. The van der Waals surface area contributed by atoms with Gasteiger partial charge in [-0.3, -0.25) is 29.6 Å². The lowest BCUT2D eigenvalue weighted by Gasteiger charge is -2.33. The van der Waals surface area contributed by atoms with E-state index in [1.165, 1.54) is 0 Å². The summed E-state index contributed by atoms with van der Waals surface area (Å²) in [6.45, 7) is 1.26. The number of ether oxygens (including phenoxy) is 1. The number of amides is 1. The third kappa shape index (κ3) is 3.54. The fraction of sp³-hybridized carbons (Fsp3) is 0.333. The van der Waals surface area contributed by atoms with E-state index in [2.05, 4.69) is 15.2 Å². The summed E-state index contributed by atoms with van der Waals surface area (Å²) < 4.78 is 5.68. The van der Waals surface area contributed by atoms with Crippen LogP contribution in [0.5, 0.6) is 0 Å². The highest BCUT2D eigenvalue weighted by atomic mass is 16.5. The third-order valence-electron chi connectivity index (χ3n) is 3.71. The summed E-state index contributed by atoms with van der Waals surface area (Å²) in [5, 5.41) is 4.39. The van der Waals surface area contributed by atoms with Gasteiger partial charge >= 0.3 is 0 Å². The number of nitrogens with one attached hydrogen (secondary N) is 2. The molecule has 120 valence electrons. The number of rotatable bonds is 3. The predicted octanol–water partition coefficient (Wildman–Crippen LogP) is -0.399. The third-order valence-corrected chi connectivity index (χ3v) is 3.71. The highest BCUT2D eigenvalue weighted by molar-refractivity contribution is 5.78. The van der Waals surface area contributed by atoms with Crippen LogP contribution in [0.4, 0.5) is 0 Å². The van der Waals surface area contributed by atoms with Gasteiger partial charge in [-0.05, 0) is 6.07 Å². The molecule has 0 unspecified atom stereocenters. The Labute approximate surface area is 131 Å². The van der Waals surface area contributed by atoms with E-state index in [9.17, 15) is 14.4 Å². The van der Waals surface area contributed by atoms with Gasteiger partial charge in [0.1, 0.15) is 6.10 Å². The second-order valence-electron chi connectivity index (χ2n) is 5.28. The zero-order chi connectivity index (χ0) is 16.2. The monoisotopic (exact) mass is 316 g/mol. The average molecular weight is 316 g/mol. The number of carbonyl (C=O) groups excluding carboxylic acids is 1. The maximum Gasteiger partial charge on any atom is 0.266 e. The van der Waals surface area contributed by atoms with E-state index in [4.69, 9.17) is 4.74 Å². The topological polar surface area (TPSA) is 108 Å². The van der Waals surface area contributed by atoms with Crippen LogP contribution in [0.3, 0.4) is 0 Å². The van der Waals surface area contributed by atoms with Crippen molar-refractivity contribution in [3.05, 3.63) is 62.4 Å². The first-order chi connectivity index (χ1) is 11.1. The number of aromatic amines is 2. The van der Waals surface area contributed by atoms with Crippen molar-refractivity contribution in [1.29, 1.82) is 0 Å². The Morgan fingerprint density at radius 1 is 1.39 bits per heavy atom. The van der Waals surface area contributed by atoms with Crippen molar-refractivity contribution in [3.63, 3.8) is 0 Å². The molecule has 0 spiro atoms. The Kier molecular flexibility index (Phi) is 4.33. The van der Waals surface area contributed by atoms with Crippen molar-refractivity contribution in [3.8, 4) is 0 Å².